The standard InChI is InChI=1S/C3H6N6.C3H10O3Si/c4-1-7-2(5)9-3(6)8-1;1-4-7(5-2)6-3/h(H6,4,5,6,7,8,9);7H,1-3H3. The highest BCUT2D eigenvalue weighted by molar-refractivity contribution is 6.36. The average molecular weight is 248 g/mol. The molecule has 16 heavy (non-hydrogen) atoms. The Balaban J connectivity index is 0.000000293. The molecule has 0 unspecified atom stereocenters. The summed E-state index contributed by atoms with van der Waals surface area (Å²) in [6.45, 7) is 0. The van der Waals surface area contributed by atoms with Gasteiger partial charge in [0.05, 0.1) is 0 Å². The van der Waals surface area contributed by atoms with Crippen molar-refractivity contribution in [1.82, 2.24) is 15.0 Å². The van der Waals surface area contributed by atoms with Crippen LogP contribution < -0.4 is 17.2 Å². The molecule has 1 aromatic heterocycles. The SMILES string of the molecule is CO[SiH](OC)OC.Nc1nc(N)nc(N)n1. The minimum atomic E-state index is -1.67. The summed E-state index contributed by atoms with van der Waals surface area (Å²) in [7, 11) is 3.05. The number of nitrogens with zero attached hydrogens (tertiary/aromatic N) is 3. The zero-order chi connectivity index (χ0) is 12.6. The number of hydrogen-bond donors (Lipinski definition) is 3. The second-order valence-electron chi connectivity index (χ2n) is 2.41. The van der Waals surface area contributed by atoms with E-state index in [1.807, 2.05) is 0 Å². The van der Waals surface area contributed by atoms with E-state index >= 15 is 0 Å². The van der Waals surface area contributed by atoms with Crippen LogP contribution in [0.25, 0.3) is 0 Å². The molecular formula is C6H16N6O3Si. The zero-order valence-corrected chi connectivity index (χ0v) is 10.5. The van der Waals surface area contributed by atoms with Crippen molar-refractivity contribution in [3.8, 4) is 0 Å². The van der Waals surface area contributed by atoms with E-state index in [-0.39, 0.29) is 17.8 Å². The third-order valence-corrected chi connectivity index (χ3v) is 2.42. The van der Waals surface area contributed by atoms with Gasteiger partial charge in [-0.3, -0.25) is 0 Å². The van der Waals surface area contributed by atoms with Gasteiger partial charge in [-0.2, -0.15) is 15.0 Å². The summed E-state index contributed by atoms with van der Waals surface area (Å²) < 4.78 is 14.2. The van der Waals surface area contributed by atoms with Crippen LogP contribution in [-0.4, -0.2) is 45.8 Å². The molecule has 0 aliphatic carbocycles. The Morgan fingerprint density at radius 2 is 1.00 bits per heavy atom. The molecule has 6 N–H and O–H groups in total. The van der Waals surface area contributed by atoms with Crippen LogP contribution in [-0.2, 0) is 13.3 Å². The lowest BCUT2D eigenvalue weighted by atomic mass is 10.9. The highest BCUT2D eigenvalue weighted by Gasteiger charge is 2.04. The topological polar surface area (TPSA) is 144 Å². The summed E-state index contributed by atoms with van der Waals surface area (Å²) in [5.74, 6) is 0.125. The number of nitrogen functional groups attached to an aromatic ring is 3. The second-order valence-corrected chi connectivity index (χ2v) is 4.40. The van der Waals surface area contributed by atoms with Crippen molar-refractivity contribution in [2.75, 3.05) is 38.5 Å². The Bertz CT molecular complexity index is 254. The summed E-state index contributed by atoms with van der Waals surface area (Å²) in [5.41, 5.74) is 15.4. The molecule has 0 saturated heterocycles. The Morgan fingerprint density at radius 3 is 1.12 bits per heavy atom. The quantitative estimate of drug-likeness (QED) is 0.531. The molecular weight excluding hydrogens is 232 g/mol. The van der Waals surface area contributed by atoms with Gasteiger partial charge >= 0.3 is 9.53 Å². The first-order valence-corrected chi connectivity index (χ1v) is 5.55. The summed E-state index contributed by atoms with van der Waals surface area (Å²) in [6, 6.07) is 0. The number of aromatic nitrogens is 3. The van der Waals surface area contributed by atoms with E-state index in [2.05, 4.69) is 15.0 Å². The van der Waals surface area contributed by atoms with Crippen LogP contribution in [0, 0.1) is 0 Å². The molecule has 1 heterocycles. The lowest BCUT2D eigenvalue weighted by Crippen LogP contribution is -2.21. The molecule has 1 aromatic rings. The van der Waals surface area contributed by atoms with Gasteiger partial charge < -0.3 is 30.5 Å². The molecule has 0 aliphatic heterocycles. The predicted octanol–water partition coefficient (Wildman–Crippen LogP) is -1.74. The maximum absolute atomic E-state index is 5.14. The third kappa shape index (κ3) is 6.08. The van der Waals surface area contributed by atoms with Crippen molar-refractivity contribution in [3.63, 3.8) is 0 Å². The number of nitrogens with two attached hydrogens (primary N) is 3. The smallest absolute Gasteiger partial charge is 0.379 e. The monoisotopic (exact) mass is 248 g/mol. The summed E-state index contributed by atoms with van der Waals surface area (Å²) in [6.07, 6.45) is 0. The largest absolute Gasteiger partial charge is 0.483 e. The molecule has 0 atom stereocenters. The summed E-state index contributed by atoms with van der Waals surface area (Å²) >= 11 is 0. The summed E-state index contributed by atoms with van der Waals surface area (Å²) in [5, 5.41) is 0. The number of anilines is 3. The van der Waals surface area contributed by atoms with Gasteiger partial charge in [0.15, 0.2) is 0 Å². The van der Waals surface area contributed by atoms with Crippen molar-refractivity contribution in [2.45, 2.75) is 0 Å². The second kappa shape index (κ2) is 7.75. The van der Waals surface area contributed by atoms with E-state index in [1.165, 1.54) is 0 Å². The molecule has 1 rings (SSSR count). The first-order valence-electron chi connectivity index (χ1n) is 4.14. The van der Waals surface area contributed by atoms with Crippen LogP contribution in [0.15, 0.2) is 0 Å². The van der Waals surface area contributed by atoms with E-state index < -0.39 is 9.53 Å². The number of hydrogen-bond acceptors (Lipinski definition) is 9. The van der Waals surface area contributed by atoms with Crippen LogP contribution in [0.4, 0.5) is 17.8 Å². The van der Waals surface area contributed by atoms with Gasteiger partial charge in [0.2, 0.25) is 17.8 Å². The fraction of sp³-hybridized carbons (Fsp3) is 0.500. The molecule has 92 valence electrons. The Kier molecular flexibility index (Phi) is 7.03. The molecule has 0 aliphatic rings. The lowest BCUT2D eigenvalue weighted by molar-refractivity contribution is 0.163. The maximum Gasteiger partial charge on any atom is 0.483 e. The number of rotatable bonds is 3. The fourth-order valence-corrected chi connectivity index (χ4v) is 1.29. The van der Waals surface area contributed by atoms with Crippen molar-refractivity contribution in [2.24, 2.45) is 0 Å². The van der Waals surface area contributed by atoms with E-state index in [0.717, 1.165) is 0 Å². The van der Waals surface area contributed by atoms with Gasteiger partial charge in [-0.05, 0) is 0 Å². The van der Waals surface area contributed by atoms with Gasteiger partial charge in [0, 0.05) is 21.3 Å². The molecule has 0 aromatic carbocycles. The highest BCUT2D eigenvalue weighted by atomic mass is 28.3. The van der Waals surface area contributed by atoms with Crippen LogP contribution in [0.1, 0.15) is 0 Å². The minimum absolute atomic E-state index is 0.0417. The molecule has 0 amide bonds. The Labute approximate surface area is 94.9 Å². The average Bonchev–Trinajstić information content (AvgIpc) is 2.19. The highest BCUT2D eigenvalue weighted by Crippen LogP contribution is 1.97. The third-order valence-electron chi connectivity index (χ3n) is 1.26. The van der Waals surface area contributed by atoms with Crippen LogP contribution in [0.3, 0.4) is 0 Å². The fourth-order valence-electron chi connectivity index (χ4n) is 0.716. The first-order chi connectivity index (χ1) is 7.53. The van der Waals surface area contributed by atoms with Crippen LogP contribution >= 0.6 is 0 Å². The Hall–Kier alpha value is -1.49. The maximum atomic E-state index is 5.14. The predicted molar refractivity (Wildman–Crippen MR) is 61.2 cm³/mol. The van der Waals surface area contributed by atoms with Gasteiger partial charge in [0.1, 0.15) is 0 Å². The van der Waals surface area contributed by atoms with Crippen molar-refractivity contribution >= 4 is 27.4 Å². The zero-order valence-electron chi connectivity index (χ0n) is 9.38. The molecule has 0 radical (unpaired) electrons. The molecule has 0 saturated carbocycles. The van der Waals surface area contributed by atoms with Crippen molar-refractivity contribution in [3.05, 3.63) is 0 Å². The molecule has 0 spiro atoms. The Morgan fingerprint density at radius 1 is 0.750 bits per heavy atom. The first kappa shape index (κ1) is 14.5. The van der Waals surface area contributed by atoms with E-state index in [0.29, 0.717) is 0 Å². The van der Waals surface area contributed by atoms with E-state index in [9.17, 15) is 0 Å². The van der Waals surface area contributed by atoms with Gasteiger partial charge in [-0.15, -0.1) is 0 Å². The van der Waals surface area contributed by atoms with Gasteiger partial charge in [-0.1, -0.05) is 0 Å². The molecule has 9 nitrogen and oxygen atoms in total. The summed E-state index contributed by atoms with van der Waals surface area (Å²) in [4.78, 5) is 10.5. The van der Waals surface area contributed by atoms with Crippen LogP contribution in [0.2, 0.25) is 0 Å². The molecule has 10 heteroatoms. The minimum Gasteiger partial charge on any atom is -0.379 e. The van der Waals surface area contributed by atoms with Crippen LogP contribution in [0.5, 0.6) is 0 Å². The normalized spacial score (nSPS) is 9.75. The van der Waals surface area contributed by atoms with Crippen molar-refractivity contribution in [1.29, 1.82) is 0 Å². The lowest BCUT2D eigenvalue weighted by Gasteiger charge is -2.05. The van der Waals surface area contributed by atoms with Gasteiger partial charge in [0.25, 0.3) is 0 Å². The van der Waals surface area contributed by atoms with Gasteiger partial charge in [-0.25, -0.2) is 0 Å². The van der Waals surface area contributed by atoms with Crippen molar-refractivity contribution < 1.29 is 13.3 Å². The van der Waals surface area contributed by atoms with E-state index in [4.69, 9.17) is 30.5 Å². The molecule has 0 fully saturated rings. The molecule has 0 bridgehead atoms. The van der Waals surface area contributed by atoms with E-state index in [1.54, 1.807) is 21.3 Å².